The molecule has 23 heavy (non-hydrogen) atoms. The van der Waals surface area contributed by atoms with Crippen LogP contribution in [-0.2, 0) is 6.42 Å². The summed E-state index contributed by atoms with van der Waals surface area (Å²) in [4.78, 5) is 12.2. The summed E-state index contributed by atoms with van der Waals surface area (Å²) in [6.45, 7) is 8.92. The van der Waals surface area contributed by atoms with Crippen molar-refractivity contribution < 1.29 is 14.6 Å². The number of hydrogen-bond donors (Lipinski definition) is 2. The second-order valence-corrected chi connectivity index (χ2v) is 6.63. The largest absolute Gasteiger partial charge is 0.491 e. The molecule has 0 saturated heterocycles. The fourth-order valence-electron chi connectivity index (χ4n) is 3.07. The van der Waals surface area contributed by atoms with Gasteiger partial charge in [0.25, 0.3) is 0 Å². The normalized spacial score (nSPS) is 16.8. The zero-order valence-electron chi connectivity index (χ0n) is 14.7. The van der Waals surface area contributed by atoms with Gasteiger partial charge in [-0.2, -0.15) is 0 Å². The highest BCUT2D eigenvalue weighted by Gasteiger charge is 2.23. The van der Waals surface area contributed by atoms with Crippen molar-refractivity contribution in [1.29, 1.82) is 0 Å². The Morgan fingerprint density at radius 1 is 1.35 bits per heavy atom. The number of hydrogen-bond acceptors (Lipinski definition) is 4. The summed E-state index contributed by atoms with van der Waals surface area (Å²) in [5, 5.41) is 13.3. The number of Topliss-reactive ketones (excluding diaryl/α,β-unsaturated/α-hetero) is 1. The first-order chi connectivity index (χ1) is 10.9. The van der Waals surface area contributed by atoms with Gasteiger partial charge < -0.3 is 15.2 Å². The maximum Gasteiger partial charge on any atom is 0.163 e. The minimum absolute atomic E-state index is 0.219. The number of carbonyl (C=O) groups excluding carboxylic acids is 1. The lowest BCUT2D eigenvalue weighted by Gasteiger charge is -2.23. The third-order valence-electron chi connectivity index (χ3n) is 4.72. The Kier molecular flexibility index (Phi) is 6.19. The van der Waals surface area contributed by atoms with Crippen molar-refractivity contribution in [3.05, 3.63) is 28.3 Å². The maximum atomic E-state index is 12.2. The molecule has 0 bridgehead atoms. The second kappa shape index (κ2) is 7.93. The first-order valence-electron chi connectivity index (χ1n) is 8.64. The van der Waals surface area contributed by atoms with Crippen LogP contribution in [0.1, 0.15) is 60.2 Å². The Bertz CT molecular complexity index is 568. The SMILES string of the molecule is CC[C@H](C)NC[C@H](O)COc1cc(C)c2c(c1C)C(=O)CCC2. The highest BCUT2D eigenvalue weighted by Crippen LogP contribution is 2.33. The quantitative estimate of drug-likeness (QED) is 0.811. The summed E-state index contributed by atoms with van der Waals surface area (Å²) in [5.41, 5.74) is 4.04. The Hall–Kier alpha value is -1.39. The van der Waals surface area contributed by atoms with Crippen LogP contribution < -0.4 is 10.1 Å². The van der Waals surface area contributed by atoms with E-state index in [9.17, 15) is 9.90 Å². The number of aliphatic hydroxyl groups is 1. The fraction of sp³-hybridized carbons (Fsp3) is 0.632. The van der Waals surface area contributed by atoms with Crippen LogP contribution in [0.15, 0.2) is 6.07 Å². The topological polar surface area (TPSA) is 58.6 Å². The number of nitrogens with one attached hydrogen (secondary N) is 1. The molecule has 4 heteroatoms. The van der Waals surface area contributed by atoms with E-state index in [1.165, 1.54) is 5.56 Å². The zero-order valence-corrected chi connectivity index (χ0v) is 14.7. The zero-order chi connectivity index (χ0) is 17.0. The molecule has 0 heterocycles. The van der Waals surface area contributed by atoms with Gasteiger partial charge >= 0.3 is 0 Å². The summed E-state index contributed by atoms with van der Waals surface area (Å²) < 4.78 is 5.82. The molecule has 4 nitrogen and oxygen atoms in total. The molecule has 2 N–H and O–H groups in total. The molecule has 2 rings (SSSR count). The van der Waals surface area contributed by atoms with Crippen molar-refractivity contribution >= 4 is 5.78 Å². The van der Waals surface area contributed by atoms with E-state index in [4.69, 9.17) is 4.74 Å². The van der Waals surface area contributed by atoms with Crippen molar-refractivity contribution in [2.45, 2.75) is 65.5 Å². The molecule has 2 atom stereocenters. The Labute approximate surface area is 139 Å². The van der Waals surface area contributed by atoms with Crippen molar-refractivity contribution in [3.63, 3.8) is 0 Å². The van der Waals surface area contributed by atoms with Crippen LogP contribution >= 0.6 is 0 Å². The summed E-state index contributed by atoms with van der Waals surface area (Å²) in [7, 11) is 0. The summed E-state index contributed by atoms with van der Waals surface area (Å²) in [6, 6.07) is 2.39. The fourth-order valence-corrected chi connectivity index (χ4v) is 3.07. The van der Waals surface area contributed by atoms with Gasteiger partial charge in [-0.25, -0.2) is 0 Å². The van der Waals surface area contributed by atoms with Gasteiger partial charge in [0.05, 0.1) is 0 Å². The third kappa shape index (κ3) is 4.33. The summed E-state index contributed by atoms with van der Waals surface area (Å²) >= 11 is 0. The molecule has 0 aliphatic heterocycles. The molecule has 1 aromatic carbocycles. The van der Waals surface area contributed by atoms with Crippen LogP contribution in [0.25, 0.3) is 0 Å². The lowest BCUT2D eigenvalue weighted by molar-refractivity contribution is 0.0967. The van der Waals surface area contributed by atoms with Crippen LogP contribution in [0, 0.1) is 13.8 Å². The highest BCUT2D eigenvalue weighted by molar-refractivity contribution is 6.00. The van der Waals surface area contributed by atoms with Gasteiger partial charge in [-0.1, -0.05) is 6.92 Å². The van der Waals surface area contributed by atoms with Crippen LogP contribution in [0.2, 0.25) is 0 Å². The van der Waals surface area contributed by atoms with Crippen molar-refractivity contribution in [2.75, 3.05) is 13.2 Å². The average Bonchev–Trinajstić information content (AvgIpc) is 2.54. The van der Waals surface area contributed by atoms with Gasteiger partial charge in [-0.05, 0) is 57.2 Å². The number of benzene rings is 1. The van der Waals surface area contributed by atoms with E-state index in [0.29, 0.717) is 19.0 Å². The smallest absolute Gasteiger partial charge is 0.163 e. The minimum Gasteiger partial charge on any atom is -0.491 e. The minimum atomic E-state index is -0.560. The Balaban J connectivity index is 2.05. The molecule has 1 aliphatic carbocycles. The van der Waals surface area contributed by atoms with E-state index >= 15 is 0 Å². The predicted octanol–water partition coefficient (Wildman–Crippen LogP) is 2.95. The van der Waals surface area contributed by atoms with E-state index in [-0.39, 0.29) is 12.4 Å². The van der Waals surface area contributed by atoms with Gasteiger partial charge in [-0.3, -0.25) is 4.79 Å². The molecule has 0 unspecified atom stereocenters. The van der Waals surface area contributed by atoms with Crippen LogP contribution in [-0.4, -0.2) is 36.2 Å². The van der Waals surface area contributed by atoms with E-state index in [0.717, 1.165) is 41.7 Å². The van der Waals surface area contributed by atoms with Gasteiger partial charge in [0.15, 0.2) is 5.78 Å². The molecule has 1 aliphatic rings. The van der Waals surface area contributed by atoms with Gasteiger partial charge in [0.2, 0.25) is 0 Å². The Morgan fingerprint density at radius 2 is 2.09 bits per heavy atom. The Morgan fingerprint density at radius 3 is 2.78 bits per heavy atom. The average molecular weight is 319 g/mol. The standard InChI is InChI=1S/C19H29NO3/c1-5-13(3)20-10-15(21)11-23-18-9-12(2)16-7-6-8-17(22)19(16)14(18)4/h9,13,15,20-21H,5-8,10-11H2,1-4H3/t13-,15-/m0/s1. The first-order valence-corrected chi connectivity index (χ1v) is 8.64. The molecule has 0 saturated carbocycles. The van der Waals surface area contributed by atoms with Crippen molar-refractivity contribution in [2.24, 2.45) is 0 Å². The van der Waals surface area contributed by atoms with E-state index < -0.39 is 6.10 Å². The lowest BCUT2D eigenvalue weighted by Crippen LogP contribution is -2.36. The number of aliphatic hydroxyl groups excluding tert-OH is 1. The molecular weight excluding hydrogens is 290 g/mol. The number of fused-ring (bicyclic) bond motifs is 1. The summed E-state index contributed by atoms with van der Waals surface area (Å²) in [6.07, 6.45) is 2.99. The van der Waals surface area contributed by atoms with E-state index in [2.05, 4.69) is 19.2 Å². The number of aryl methyl sites for hydroxylation is 1. The number of ketones is 1. The maximum absolute atomic E-state index is 12.2. The molecule has 0 radical (unpaired) electrons. The molecule has 1 aromatic rings. The first kappa shape index (κ1) is 18.0. The van der Waals surface area contributed by atoms with Crippen LogP contribution in [0.3, 0.4) is 0 Å². The van der Waals surface area contributed by atoms with Crippen LogP contribution in [0.5, 0.6) is 5.75 Å². The lowest BCUT2D eigenvalue weighted by atomic mass is 9.84. The number of rotatable bonds is 7. The second-order valence-electron chi connectivity index (χ2n) is 6.63. The molecule has 0 fully saturated rings. The summed E-state index contributed by atoms with van der Waals surface area (Å²) in [5.74, 6) is 0.940. The van der Waals surface area contributed by atoms with Crippen molar-refractivity contribution in [3.8, 4) is 5.75 Å². The number of ether oxygens (including phenoxy) is 1. The molecular formula is C19H29NO3. The van der Waals surface area contributed by atoms with Crippen molar-refractivity contribution in [1.82, 2.24) is 5.32 Å². The highest BCUT2D eigenvalue weighted by atomic mass is 16.5. The molecule has 0 aromatic heterocycles. The predicted molar refractivity (Wildman–Crippen MR) is 92.4 cm³/mol. The van der Waals surface area contributed by atoms with E-state index in [1.807, 2.05) is 19.9 Å². The molecule has 128 valence electrons. The molecule has 0 spiro atoms. The van der Waals surface area contributed by atoms with Gasteiger partial charge in [0.1, 0.15) is 18.5 Å². The van der Waals surface area contributed by atoms with E-state index in [1.54, 1.807) is 0 Å². The van der Waals surface area contributed by atoms with Crippen LogP contribution in [0.4, 0.5) is 0 Å². The van der Waals surface area contributed by atoms with Gasteiger partial charge in [-0.15, -0.1) is 0 Å². The van der Waals surface area contributed by atoms with Gasteiger partial charge in [0, 0.05) is 30.1 Å². The third-order valence-corrected chi connectivity index (χ3v) is 4.72. The number of carbonyl (C=O) groups is 1. The molecule has 0 amide bonds. The monoisotopic (exact) mass is 319 g/mol.